The smallest absolute Gasteiger partial charge is 0.404 e. The van der Waals surface area contributed by atoms with Gasteiger partial charge in [-0.05, 0) is 49.0 Å². The highest BCUT2D eigenvalue weighted by Gasteiger charge is 2.68. The van der Waals surface area contributed by atoms with Crippen LogP contribution in [0.3, 0.4) is 0 Å². The van der Waals surface area contributed by atoms with Crippen molar-refractivity contribution in [1.29, 1.82) is 0 Å². The Morgan fingerprint density at radius 3 is 2.46 bits per heavy atom. The van der Waals surface area contributed by atoms with Crippen LogP contribution >= 0.6 is 0 Å². The zero-order chi connectivity index (χ0) is 17.5. The second-order valence-corrected chi connectivity index (χ2v) is 8.19. The SMILES string of the molecule is CC.CC1(C)C2CC1[C@]1(C)OB(C(N)Cc3ccccc3)O[C@@H]1C2. The summed E-state index contributed by atoms with van der Waals surface area (Å²) in [5, 5.41) is 0. The van der Waals surface area contributed by atoms with E-state index in [4.69, 9.17) is 15.0 Å². The molecule has 1 aromatic carbocycles. The summed E-state index contributed by atoms with van der Waals surface area (Å²) in [5.41, 5.74) is 7.87. The topological polar surface area (TPSA) is 44.5 Å². The van der Waals surface area contributed by atoms with Gasteiger partial charge in [0.25, 0.3) is 0 Å². The van der Waals surface area contributed by atoms with Crippen molar-refractivity contribution in [3.8, 4) is 0 Å². The molecule has 5 rings (SSSR count). The molecule has 1 heterocycles. The normalized spacial score (nSPS) is 36.9. The maximum atomic E-state index is 6.43. The summed E-state index contributed by atoms with van der Waals surface area (Å²) >= 11 is 0. The highest BCUT2D eigenvalue weighted by Crippen LogP contribution is 2.65. The van der Waals surface area contributed by atoms with Crippen LogP contribution in [0.4, 0.5) is 0 Å². The van der Waals surface area contributed by atoms with E-state index in [1.807, 2.05) is 19.9 Å². The van der Waals surface area contributed by atoms with Gasteiger partial charge in [0.1, 0.15) is 0 Å². The Bertz CT molecular complexity index is 564. The summed E-state index contributed by atoms with van der Waals surface area (Å²) in [6.45, 7) is 11.0. The molecule has 4 heteroatoms. The first-order valence-corrected chi connectivity index (χ1v) is 9.54. The maximum absolute atomic E-state index is 6.43. The van der Waals surface area contributed by atoms with Gasteiger partial charge in [-0.25, -0.2) is 0 Å². The van der Waals surface area contributed by atoms with E-state index >= 15 is 0 Å². The van der Waals surface area contributed by atoms with Crippen LogP contribution in [0.1, 0.15) is 53.0 Å². The standard InChI is InChI=1S/C18H26BNO2.C2H6/c1-17(2)13-10-14(17)18(3)15(11-13)21-19(22-18)16(20)9-12-7-5-4-6-8-12;1-2/h4-8,13-16H,9-11,20H2,1-3H3;1-2H3/t13?,14?,15-,16?,18+;/m1./s1. The summed E-state index contributed by atoms with van der Waals surface area (Å²) in [5.74, 6) is 1.27. The Hall–Kier alpha value is -0.835. The molecule has 5 atom stereocenters. The van der Waals surface area contributed by atoms with Crippen molar-refractivity contribution in [2.45, 2.75) is 71.5 Å². The summed E-state index contributed by atoms with van der Waals surface area (Å²) in [6, 6.07) is 10.4. The predicted octanol–water partition coefficient (Wildman–Crippen LogP) is 3.85. The van der Waals surface area contributed by atoms with Gasteiger partial charge < -0.3 is 15.0 Å². The van der Waals surface area contributed by atoms with Crippen molar-refractivity contribution >= 4 is 7.12 Å². The maximum Gasteiger partial charge on any atom is 0.475 e. The van der Waals surface area contributed by atoms with Crippen molar-refractivity contribution in [1.82, 2.24) is 0 Å². The zero-order valence-electron chi connectivity index (χ0n) is 15.8. The van der Waals surface area contributed by atoms with Gasteiger partial charge in [0.2, 0.25) is 0 Å². The molecule has 0 aromatic heterocycles. The summed E-state index contributed by atoms with van der Waals surface area (Å²) in [6.07, 6.45) is 3.42. The Morgan fingerprint density at radius 1 is 1.17 bits per heavy atom. The summed E-state index contributed by atoms with van der Waals surface area (Å²) < 4.78 is 12.7. The fourth-order valence-electron chi connectivity index (χ4n) is 5.06. The molecule has 2 bridgehead atoms. The molecule has 0 spiro atoms. The lowest BCUT2D eigenvalue weighted by atomic mass is 9.43. The molecule has 0 radical (unpaired) electrons. The van der Waals surface area contributed by atoms with E-state index < -0.39 is 0 Å². The van der Waals surface area contributed by atoms with E-state index in [0.717, 1.165) is 18.8 Å². The lowest BCUT2D eigenvalue weighted by Crippen LogP contribution is -2.65. The van der Waals surface area contributed by atoms with Gasteiger partial charge in [0.05, 0.1) is 11.7 Å². The molecule has 1 saturated heterocycles. The first-order valence-electron chi connectivity index (χ1n) is 9.54. The average molecular weight is 329 g/mol. The highest BCUT2D eigenvalue weighted by molar-refractivity contribution is 6.47. The summed E-state index contributed by atoms with van der Waals surface area (Å²) in [7, 11) is -0.273. The van der Waals surface area contributed by atoms with Gasteiger partial charge in [0, 0.05) is 5.94 Å². The van der Waals surface area contributed by atoms with Gasteiger partial charge in [-0.2, -0.15) is 0 Å². The molecule has 4 aliphatic rings. The summed E-state index contributed by atoms with van der Waals surface area (Å²) in [4.78, 5) is 0. The van der Waals surface area contributed by atoms with Crippen LogP contribution in [0.15, 0.2) is 30.3 Å². The van der Waals surface area contributed by atoms with Gasteiger partial charge in [-0.3, -0.25) is 0 Å². The fourth-order valence-corrected chi connectivity index (χ4v) is 5.06. The predicted molar refractivity (Wildman–Crippen MR) is 99.6 cm³/mol. The number of hydrogen-bond acceptors (Lipinski definition) is 3. The molecule has 0 amide bonds. The minimum Gasteiger partial charge on any atom is -0.404 e. The third-order valence-electron chi connectivity index (χ3n) is 6.63. The first-order chi connectivity index (χ1) is 11.4. The van der Waals surface area contributed by atoms with E-state index in [2.05, 4.69) is 45.0 Å². The van der Waals surface area contributed by atoms with Crippen LogP contribution in [0.2, 0.25) is 0 Å². The second-order valence-electron chi connectivity index (χ2n) is 8.19. The van der Waals surface area contributed by atoms with E-state index in [9.17, 15) is 0 Å². The van der Waals surface area contributed by atoms with Crippen LogP contribution in [0.5, 0.6) is 0 Å². The van der Waals surface area contributed by atoms with Gasteiger partial charge in [0.15, 0.2) is 0 Å². The molecule has 1 aromatic rings. The van der Waals surface area contributed by atoms with E-state index in [0.29, 0.717) is 11.3 Å². The van der Waals surface area contributed by atoms with Crippen molar-refractivity contribution in [2.75, 3.05) is 0 Å². The van der Waals surface area contributed by atoms with Crippen LogP contribution in [-0.4, -0.2) is 24.8 Å². The first kappa shape index (κ1) is 18.0. The molecule has 4 fully saturated rings. The van der Waals surface area contributed by atoms with Gasteiger partial charge in [-0.15, -0.1) is 0 Å². The fraction of sp³-hybridized carbons (Fsp3) is 0.700. The molecule has 1 aliphatic heterocycles. The molecular weight excluding hydrogens is 297 g/mol. The number of rotatable bonds is 3. The Morgan fingerprint density at radius 2 is 1.83 bits per heavy atom. The van der Waals surface area contributed by atoms with Crippen molar-refractivity contribution in [2.24, 2.45) is 23.0 Å². The Kier molecular flexibility index (Phi) is 4.85. The minimum atomic E-state index is -0.273. The second kappa shape index (κ2) is 6.47. The molecule has 3 aliphatic carbocycles. The zero-order valence-corrected chi connectivity index (χ0v) is 15.8. The van der Waals surface area contributed by atoms with Crippen molar-refractivity contribution < 1.29 is 9.31 Å². The number of nitrogens with two attached hydrogens (primary N) is 1. The number of hydrogen-bond donors (Lipinski definition) is 1. The monoisotopic (exact) mass is 329 g/mol. The van der Waals surface area contributed by atoms with E-state index in [1.54, 1.807) is 0 Å². The molecule has 3 unspecified atom stereocenters. The van der Waals surface area contributed by atoms with Crippen molar-refractivity contribution in [3.63, 3.8) is 0 Å². The number of benzene rings is 1. The molecule has 132 valence electrons. The van der Waals surface area contributed by atoms with Gasteiger partial charge >= 0.3 is 7.12 Å². The van der Waals surface area contributed by atoms with Gasteiger partial charge in [-0.1, -0.05) is 58.0 Å². The lowest BCUT2D eigenvalue weighted by molar-refractivity contribution is -0.199. The van der Waals surface area contributed by atoms with Crippen LogP contribution in [-0.2, 0) is 15.7 Å². The molecule has 3 nitrogen and oxygen atoms in total. The lowest BCUT2D eigenvalue weighted by Gasteiger charge is -2.64. The van der Waals surface area contributed by atoms with Crippen LogP contribution in [0.25, 0.3) is 0 Å². The Balaban J connectivity index is 0.000000815. The van der Waals surface area contributed by atoms with Crippen molar-refractivity contribution in [3.05, 3.63) is 35.9 Å². The molecule has 24 heavy (non-hydrogen) atoms. The Labute approximate surface area is 147 Å². The third kappa shape index (κ3) is 2.73. The largest absolute Gasteiger partial charge is 0.475 e. The minimum absolute atomic E-state index is 0.106. The van der Waals surface area contributed by atoms with E-state index in [1.165, 1.54) is 12.0 Å². The highest BCUT2D eigenvalue weighted by atomic mass is 16.7. The van der Waals surface area contributed by atoms with Crippen LogP contribution < -0.4 is 5.73 Å². The van der Waals surface area contributed by atoms with Crippen LogP contribution in [0, 0.1) is 17.3 Å². The van der Waals surface area contributed by atoms with E-state index in [-0.39, 0.29) is 24.8 Å². The quantitative estimate of drug-likeness (QED) is 0.857. The molecule has 2 N–H and O–H groups in total. The third-order valence-corrected chi connectivity index (χ3v) is 6.63. The molecular formula is C20H32BNO2. The molecule has 3 saturated carbocycles. The average Bonchev–Trinajstić information content (AvgIpc) is 2.94.